The van der Waals surface area contributed by atoms with Crippen LogP contribution in [0.1, 0.15) is 102 Å². The fourth-order valence-corrected chi connectivity index (χ4v) is 6.14. The molecule has 0 radical (unpaired) electrons. The molecule has 0 amide bonds. The van der Waals surface area contributed by atoms with Gasteiger partial charge in [-0.15, -0.1) is 0 Å². The first-order chi connectivity index (χ1) is 20.4. The van der Waals surface area contributed by atoms with Gasteiger partial charge in [0, 0.05) is 23.7 Å². The highest BCUT2D eigenvalue weighted by Crippen LogP contribution is 2.50. The Morgan fingerprint density at radius 1 is 0.619 bits per heavy atom. The van der Waals surface area contributed by atoms with Crippen molar-refractivity contribution >= 4 is 11.9 Å². The summed E-state index contributed by atoms with van der Waals surface area (Å²) in [6.07, 6.45) is 11.5. The van der Waals surface area contributed by atoms with E-state index in [4.69, 9.17) is 18.9 Å². The average molecular weight is 579 g/mol. The van der Waals surface area contributed by atoms with E-state index in [1.807, 2.05) is 0 Å². The number of hydrogen-bond donors (Lipinski definition) is 0. The zero-order valence-electron chi connectivity index (χ0n) is 25.7. The van der Waals surface area contributed by atoms with Crippen molar-refractivity contribution in [1.82, 2.24) is 0 Å². The van der Waals surface area contributed by atoms with E-state index in [0.717, 1.165) is 64.2 Å². The topological polar surface area (TPSA) is 77.7 Å². The summed E-state index contributed by atoms with van der Waals surface area (Å²) in [7, 11) is 0. The van der Waals surface area contributed by atoms with Crippen LogP contribution in [0.2, 0.25) is 0 Å². The first-order valence-corrected chi connectivity index (χ1v) is 16.1. The molecule has 6 heteroatoms. The van der Waals surface area contributed by atoms with Crippen LogP contribution in [0, 0.1) is 0 Å². The van der Waals surface area contributed by atoms with E-state index in [0.29, 0.717) is 39.3 Å². The summed E-state index contributed by atoms with van der Waals surface area (Å²) in [4.78, 5) is 24.0. The summed E-state index contributed by atoms with van der Waals surface area (Å²) in [5, 5.41) is 0. The molecule has 2 fully saturated rings. The summed E-state index contributed by atoms with van der Waals surface area (Å²) in [5.41, 5.74) is 2.63. The summed E-state index contributed by atoms with van der Waals surface area (Å²) < 4.78 is 20.8. The molecule has 4 unspecified atom stereocenters. The number of epoxide rings is 2. The molecule has 0 spiro atoms. The van der Waals surface area contributed by atoms with E-state index in [1.165, 1.54) is 11.1 Å². The molecule has 2 aromatic rings. The minimum atomic E-state index is -0.110. The van der Waals surface area contributed by atoms with Crippen molar-refractivity contribution < 1.29 is 28.5 Å². The Kier molecular flexibility index (Phi) is 12.4. The molecule has 2 aliphatic heterocycles. The number of hydrogen-bond acceptors (Lipinski definition) is 6. The lowest BCUT2D eigenvalue weighted by Gasteiger charge is -2.48. The molecule has 42 heavy (non-hydrogen) atoms. The highest BCUT2D eigenvalue weighted by atomic mass is 16.6. The van der Waals surface area contributed by atoms with E-state index in [2.05, 4.69) is 74.5 Å². The number of rotatable bonds is 21. The summed E-state index contributed by atoms with van der Waals surface area (Å²) in [6.45, 7) is 7.12. The van der Waals surface area contributed by atoms with Crippen molar-refractivity contribution in [2.75, 3.05) is 26.4 Å². The predicted octanol–water partition coefficient (Wildman–Crippen LogP) is 7.47. The molecule has 0 bridgehead atoms. The average Bonchev–Trinajstić information content (AvgIpc) is 3.95. The van der Waals surface area contributed by atoms with Gasteiger partial charge in [-0.05, 0) is 36.8 Å². The Morgan fingerprint density at radius 3 is 1.33 bits per heavy atom. The van der Waals surface area contributed by atoms with Gasteiger partial charge in [-0.3, -0.25) is 9.59 Å². The van der Waals surface area contributed by atoms with Crippen LogP contribution in [0.5, 0.6) is 0 Å². The van der Waals surface area contributed by atoms with Crippen LogP contribution < -0.4 is 0 Å². The monoisotopic (exact) mass is 578 g/mol. The van der Waals surface area contributed by atoms with Gasteiger partial charge < -0.3 is 18.9 Å². The zero-order valence-corrected chi connectivity index (χ0v) is 25.7. The fraction of sp³-hybridized carbons (Fsp3) is 0.611. The molecule has 2 aromatic carbocycles. The smallest absolute Gasteiger partial charge is 0.305 e. The van der Waals surface area contributed by atoms with Crippen LogP contribution in [0.25, 0.3) is 0 Å². The van der Waals surface area contributed by atoms with Gasteiger partial charge in [0.05, 0.1) is 13.2 Å². The van der Waals surface area contributed by atoms with Crippen molar-refractivity contribution in [1.29, 1.82) is 0 Å². The SMILES string of the molecule is CC(CCCCCCC(=O)OCC1CO1)(c1ccccc1)C(C)(CCCCCCC(=O)OCC1CO1)c1ccccc1. The Morgan fingerprint density at radius 2 is 0.976 bits per heavy atom. The van der Waals surface area contributed by atoms with Crippen molar-refractivity contribution in [2.45, 2.75) is 114 Å². The van der Waals surface area contributed by atoms with Crippen LogP contribution in [-0.2, 0) is 39.4 Å². The lowest BCUT2D eigenvalue weighted by molar-refractivity contribution is -0.145. The minimum absolute atomic E-state index is 0.0620. The molecular weight excluding hydrogens is 528 g/mol. The van der Waals surface area contributed by atoms with E-state index < -0.39 is 0 Å². The Balaban J connectivity index is 1.32. The van der Waals surface area contributed by atoms with E-state index in [-0.39, 0.29) is 35.0 Å². The highest BCUT2D eigenvalue weighted by molar-refractivity contribution is 5.69. The number of carbonyl (C=O) groups is 2. The zero-order chi connectivity index (χ0) is 29.7. The first-order valence-electron chi connectivity index (χ1n) is 16.1. The lowest BCUT2D eigenvalue weighted by atomic mass is 9.55. The number of carbonyl (C=O) groups excluding carboxylic acids is 2. The van der Waals surface area contributed by atoms with Gasteiger partial charge in [0.2, 0.25) is 0 Å². The third-order valence-electron chi connectivity index (χ3n) is 9.32. The molecule has 0 aromatic heterocycles. The van der Waals surface area contributed by atoms with Crippen LogP contribution in [-0.4, -0.2) is 50.6 Å². The van der Waals surface area contributed by atoms with Gasteiger partial charge in [-0.2, -0.15) is 0 Å². The van der Waals surface area contributed by atoms with Crippen molar-refractivity contribution in [3.63, 3.8) is 0 Å². The van der Waals surface area contributed by atoms with Gasteiger partial charge in [0.1, 0.15) is 25.4 Å². The normalized spacial score (nSPS) is 20.2. The van der Waals surface area contributed by atoms with Gasteiger partial charge in [-0.25, -0.2) is 0 Å². The second-order valence-electron chi connectivity index (χ2n) is 12.5. The Labute approximate surface area is 252 Å². The number of benzene rings is 2. The van der Waals surface area contributed by atoms with Gasteiger partial charge in [0.25, 0.3) is 0 Å². The first kappa shape index (κ1) is 32.2. The van der Waals surface area contributed by atoms with E-state index in [1.54, 1.807) is 0 Å². The van der Waals surface area contributed by atoms with Crippen LogP contribution in [0.3, 0.4) is 0 Å². The summed E-state index contributed by atoms with van der Waals surface area (Å²) >= 11 is 0. The number of ether oxygens (including phenoxy) is 4. The molecular formula is C36H50O6. The third kappa shape index (κ3) is 9.95. The summed E-state index contributed by atoms with van der Waals surface area (Å²) in [5.74, 6) is -0.220. The highest BCUT2D eigenvalue weighted by Gasteiger charge is 2.45. The van der Waals surface area contributed by atoms with Gasteiger partial charge >= 0.3 is 11.9 Å². The summed E-state index contributed by atoms with van der Waals surface area (Å²) in [6, 6.07) is 22.0. The maximum atomic E-state index is 12.0. The fourth-order valence-electron chi connectivity index (χ4n) is 6.14. The molecule has 2 aliphatic rings. The number of unbranched alkanes of at least 4 members (excludes halogenated alkanes) is 6. The Bertz CT molecular complexity index is 993. The van der Waals surface area contributed by atoms with Crippen molar-refractivity contribution in [3.8, 4) is 0 Å². The molecule has 2 saturated heterocycles. The van der Waals surface area contributed by atoms with Crippen LogP contribution >= 0.6 is 0 Å². The van der Waals surface area contributed by atoms with Gasteiger partial charge in [-0.1, -0.05) is 113 Å². The molecule has 230 valence electrons. The quantitative estimate of drug-likeness (QED) is 0.0869. The standard InChI is InChI=1S/C36H50O6/c1-35(29-17-9-7-10-18-29,23-15-5-3-13-21-33(37)41-27-31-25-39-31)36(2,30-19-11-8-12-20-30)24-16-6-4-14-22-34(38)42-28-32-26-40-32/h7-12,17-20,31-32H,3-6,13-16,21-28H2,1-2H3. The molecule has 2 heterocycles. The predicted molar refractivity (Wildman–Crippen MR) is 164 cm³/mol. The second-order valence-corrected chi connectivity index (χ2v) is 12.5. The lowest BCUT2D eigenvalue weighted by Crippen LogP contribution is -2.45. The van der Waals surface area contributed by atoms with Crippen LogP contribution in [0.4, 0.5) is 0 Å². The van der Waals surface area contributed by atoms with E-state index in [9.17, 15) is 9.59 Å². The maximum Gasteiger partial charge on any atom is 0.305 e. The largest absolute Gasteiger partial charge is 0.463 e. The third-order valence-corrected chi connectivity index (χ3v) is 9.32. The molecule has 4 rings (SSSR count). The Hall–Kier alpha value is -2.70. The van der Waals surface area contributed by atoms with Crippen molar-refractivity contribution in [3.05, 3.63) is 71.8 Å². The molecule has 0 aliphatic carbocycles. The number of esters is 2. The maximum absolute atomic E-state index is 12.0. The van der Waals surface area contributed by atoms with Gasteiger partial charge in [0.15, 0.2) is 0 Å². The second kappa shape index (κ2) is 16.2. The van der Waals surface area contributed by atoms with E-state index >= 15 is 0 Å². The van der Waals surface area contributed by atoms with Crippen LogP contribution in [0.15, 0.2) is 60.7 Å². The molecule has 4 atom stereocenters. The molecule has 0 saturated carbocycles. The molecule has 6 nitrogen and oxygen atoms in total. The molecule has 0 N–H and O–H groups in total. The van der Waals surface area contributed by atoms with Crippen molar-refractivity contribution in [2.24, 2.45) is 0 Å². The minimum Gasteiger partial charge on any atom is -0.463 e.